The van der Waals surface area contributed by atoms with Crippen molar-refractivity contribution < 1.29 is 4.42 Å². The summed E-state index contributed by atoms with van der Waals surface area (Å²) in [7, 11) is 0. The number of aryl methyl sites for hydroxylation is 1. The minimum absolute atomic E-state index is 0.627. The van der Waals surface area contributed by atoms with Crippen LogP contribution in [0.5, 0.6) is 0 Å². The van der Waals surface area contributed by atoms with Gasteiger partial charge >= 0.3 is 0 Å². The first-order valence-electron chi connectivity index (χ1n) is 12.6. The van der Waals surface area contributed by atoms with E-state index in [1.54, 1.807) is 0 Å². The van der Waals surface area contributed by atoms with Crippen molar-refractivity contribution in [3.63, 3.8) is 0 Å². The van der Waals surface area contributed by atoms with Crippen molar-refractivity contribution >= 4 is 21.7 Å². The third-order valence-corrected chi connectivity index (χ3v) is 6.90. The molecule has 6 aromatic rings. The second kappa shape index (κ2) is 9.13. The highest BCUT2D eigenvalue weighted by Gasteiger charge is 2.19. The number of furan rings is 1. The zero-order chi connectivity index (χ0) is 24.6. The van der Waals surface area contributed by atoms with Crippen LogP contribution in [0.2, 0.25) is 0 Å². The zero-order valence-corrected chi connectivity index (χ0v) is 21.0. The van der Waals surface area contributed by atoms with Gasteiger partial charge in [0.1, 0.15) is 11.3 Å². The quantitative estimate of drug-likeness (QED) is 0.252. The van der Waals surface area contributed by atoms with E-state index in [1.165, 1.54) is 16.3 Å². The molecule has 0 aliphatic heterocycles. The monoisotopic (exact) mass is 467 g/mol. The summed E-state index contributed by atoms with van der Waals surface area (Å²) in [4.78, 5) is 4.87. The molecule has 0 atom stereocenters. The number of hydrogen-bond acceptors (Lipinski definition) is 2. The Bertz CT molecular complexity index is 1680. The van der Waals surface area contributed by atoms with E-state index in [9.17, 15) is 0 Å². The molecule has 0 aliphatic carbocycles. The Kier molecular flexibility index (Phi) is 5.65. The largest absolute Gasteiger partial charge is 0.455 e. The van der Waals surface area contributed by atoms with Gasteiger partial charge in [0.05, 0.1) is 5.69 Å². The summed E-state index contributed by atoms with van der Waals surface area (Å²) < 4.78 is 6.58. The zero-order valence-electron chi connectivity index (χ0n) is 21.0. The van der Waals surface area contributed by atoms with E-state index in [-0.39, 0.29) is 0 Å². The van der Waals surface area contributed by atoms with Crippen molar-refractivity contribution in [2.75, 3.05) is 0 Å². The standard InChI is InChI=1S/C34H29NO/c1-22(2)18-24-14-15-29-27(19-24)16-17-35-32(29)28-20-30-23(3)33(26-12-8-5-9-13-26)36-34(30)31(21-28)25-10-6-4-7-11-25/h4-17,19-22H,18H2,1-3H3. The summed E-state index contributed by atoms with van der Waals surface area (Å²) in [6, 6.07) is 34.3. The lowest BCUT2D eigenvalue weighted by molar-refractivity contribution is 0.630. The Morgan fingerprint density at radius 2 is 1.44 bits per heavy atom. The molecule has 0 radical (unpaired) electrons. The van der Waals surface area contributed by atoms with E-state index >= 15 is 0 Å². The van der Waals surface area contributed by atoms with E-state index in [1.807, 2.05) is 18.3 Å². The summed E-state index contributed by atoms with van der Waals surface area (Å²) in [6.45, 7) is 6.68. The Balaban J connectivity index is 1.60. The Hall–Kier alpha value is -4.17. The molecule has 0 bridgehead atoms. The van der Waals surface area contributed by atoms with Crippen LogP contribution in [0.3, 0.4) is 0 Å². The molecule has 0 amide bonds. The molecule has 176 valence electrons. The number of aromatic nitrogens is 1. The highest BCUT2D eigenvalue weighted by molar-refractivity contribution is 6.03. The SMILES string of the molecule is Cc1c(-c2ccccc2)oc2c(-c3ccccc3)cc(-c3nccc4cc(CC(C)C)ccc34)cc12. The van der Waals surface area contributed by atoms with Crippen LogP contribution >= 0.6 is 0 Å². The predicted molar refractivity (Wildman–Crippen MR) is 151 cm³/mol. The van der Waals surface area contributed by atoms with Crippen molar-refractivity contribution in [2.45, 2.75) is 27.2 Å². The lowest BCUT2D eigenvalue weighted by Gasteiger charge is -2.11. The van der Waals surface area contributed by atoms with Crippen molar-refractivity contribution in [1.29, 1.82) is 0 Å². The minimum atomic E-state index is 0.627. The third kappa shape index (κ3) is 3.99. The fourth-order valence-corrected chi connectivity index (χ4v) is 5.21. The number of hydrogen-bond donors (Lipinski definition) is 0. The molecule has 0 N–H and O–H groups in total. The van der Waals surface area contributed by atoms with E-state index < -0.39 is 0 Å². The smallest absolute Gasteiger partial charge is 0.142 e. The molecule has 4 aromatic carbocycles. The fourth-order valence-electron chi connectivity index (χ4n) is 5.21. The Labute approximate surface area is 212 Å². The van der Waals surface area contributed by atoms with Gasteiger partial charge in [-0.1, -0.05) is 92.7 Å². The van der Waals surface area contributed by atoms with Gasteiger partial charge in [-0.2, -0.15) is 0 Å². The molecule has 0 spiro atoms. The predicted octanol–water partition coefficient (Wildman–Crippen LogP) is 9.49. The topological polar surface area (TPSA) is 26.0 Å². The van der Waals surface area contributed by atoms with Gasteiger partial charge in [0.2, 0.25) is 0 Å². The maximum absolute atomic E-state index is 6.58. The van der Waals surface area contributed by atoms with Crippen LogP contribution in [0.25, 0.3) is 55.4 Å². The molecule has 36 heavy (non-hydrogen) atoms. The van der Waals surface area contributed by atoms with Crippen molar-refractivity contribution in [2.24, 2.45) is 5.92 Å². The first-order chi connectivity index (χ1) is 17.6. The molecular weight excluding hydrogens is 438 g/mol. The average molecular weight is 468 g/mol. The molecule has 0 aliphatic rings. The van der Waals surface area contributed by atoms with Gasteiger partial charge in [-0.3, -0.25) is 4.98 Å². The van der Waals surface area contributed by atoms with Crippen LogP contribution in [0.4, 0.5) is 0 Å². The van der Waals surface area contributed by atoms with E-state index in [0.717, 1.165) is 56.7 Å². The van der Waals surface area contributed by atoms with Gasteiger partial charge in [-0.25, -0.2) is 0 Å². The maximum atomic E-state index is 6.58. The second-order valence-electron chi connectivity index (χ2n) is 10.0. The van der Waals surface area contributed by atoms with Gasteiger partial charge in [-0.15, -0.1) is 0 Å². The average Bonchev–Trinajstić information content (AvgIpc) is 3.24. The van der Waals surface area contributed by atoms with Crippen LogP contribution in [0.15, 0.2) is 108 Å². The van der Waals surface area contributed by atoms with E-state index in [2.05, 4.69) is 106 Å². The fraction of sp³-hybridized carbons (Fsp3) is 0.147. The number of pyridine rings is 1. The molecular formula is C34H29NO. The summed E-state index contributed by atoms with van der Waals surface area (Å²) in [5.41, 5.74) is 8.86. The molecule has 2 heteroatoms. The molecule has 0 saturated carbocycles. The second-order valence-corrected chi connectivity index (χ2v) is 10.0. The maximum Gasteiger partial charge on any atom is 0.142 e. The van der Waals surface area contributed by atoms with Crippen molar-refractivity contribution in [1.82, 2.24) is 4.98 Å². The van der Waals surface area contributed by atoms with Crippen LogP contribution in [0, 0.1) is 12.8 Å². The minimum Gasteiger partial charge on any atom is -0.455 e. The van der Waals surface area contributed by atoms with Gasteiger partial charge in [0.25, 0.3) is 0 Å². The molecule has 0 fully saturated rings. The molecule has 0 saturated heterocycles. The molecule has 2 aromatic heterocycles. The van der Waals surface area contributed by atoms with Crippen LogP contribution < -0.4 is 0 Å². The third-order valence-electron chi connectivity index (χ3n) is 6.90. The molecule has 2 heterocycles. The molecule has 2 nitrogen and oxygen atoms in total. The van der Waals surface area contributed by atoms with Gasteiger partial charge < -0.3 is 4.42 Å². The summed E-state index contributed by atoms with van der Waals surface area (Å²) in [5.74, 6) is 1.55. The lowest BCUT2D eigenvalue weighted by Crippen LogP contribution is -1.94. The number of benzene rings is 4. The first-order valence-corrected chi connectivity index (χ1v) is 12.6. The Morgan fingerprint density at radius 3 is 2.17 bits per heavy atom. The van der Waals surface area contributed by atoms with Crippen molar-refractivity contribution in [3.8, 4) is 33.7 Å². The highest BCUT2D eigenvalue weighted by atomic mass is 16.3. The lowest BCUT2D eigenvalue weighted by atomic mass is 9.94. The summed E-state index contributed by atoms with van der Waals surface area (Å²) >= 11 is 0. The van der Waals surface area contributed by atoms with Gasteiger partial charge in [-0.05, 0) is 54.0 Å². The molecule has 0 unspecified atom stereocenters. The molecule has 6 rings (SSSR count). The van der Waals surface area contributed by atoms with E-state index in [4.69, 9.17) is 9.40 Å². The van der Waals surface area contributed by atoms with Gasteiger partial charge in [0, 0.05) is 39.2 Å². The highest BCUT2D eigenvalue weighted by Crippen LogP contribution is 2.41. The van der Waals surface area contributed by atoms with Crippen LogP contribution in [-0.2, 0) is 6.42 Å². The number of nitrogens with zero attached hydrogens (tertiary/aromatic N) is 1. The first kappa shape index (κ1) is 22.3. The normalized spacial score (nSPS) is 11.6. The summed E-state index contributed by atoms with van der Waals surface area (Å²) in [5, 5.41) is 3.53. The van der Waals surface area contributed by atoms with E-state index in [0.29, 0.717) is 5.92 Å². The number of fused-ring (bicyclic) bond motifs is 2. The van der Waals surface area contributed by atoms with Crippen molar-refractivity contribution in [3.05, 3.63) is 114 Å². The number of rotatable bonds is 5. The van der Waals surface area contributed by atoms with Crippen LogP contribution in [-0.4, -0.2) is 4.98 Å². The van der Waals surface area contributed by atoms with Crippen LogP contribution in [0.1, 0.15) is 25.0 Å². The summed E-state index contributed by atoms with van der Waals surface area (Å²) in [6.07, 6.45) is 3.01. The van der Waals surface area contributed by atoms with Gasteiger partial charge in [0.15, 0.2) is 0 Å². The Morgan fingerprint density at radius 1 is 0.722 bits per heavy atom.